The van der Waals surface area contributed by atoms with Gasteiger partial charge < -0.3 is 19.0 Å². The van der Waals surface area contributed by atoms with E-state index >= 15 is 0 Å². The zero-order valence-electron chi connectivity index (χ0n) is 19.0. The van der Waals surface area contributed by atoms with Crippen LogP contribution in [0.1, 0.15) is 21.9 Å². The second kappa shape index (κ2) is 9.09. The molecule has 2 aliphatic rings. The van der Waals surface area contributed by atoms with Gasteiger partial charge in [0, 0.05) is 44.0 Å². The first-order chi connectivity index (χ1) is 16.9. The van der Waals surface area contributed by atoms with Gasteiger partial charge in [0.05, 0.1) is 10.6 Å². The van der Waals surface area contributed by atoms with Crippen LogP contribution in [-0.2, 0) is 11.3 Å². The van der Waals surface area contributed by atoms with Crippen molar-refractivity contribution in [2.75, 3.05) is 42.6 Å². The van der Waals surface area contributed by atoms with Crippen LogP contribution in [0.3, 0.4) is 0 Å². The molecule has 2 amide bonds. The largest absolute Gasteiger partial charge is 0.482 e. The van der Waals surface area contributed by atoms with Crippen LogP contribution in [0.15, 0.2) is 53.1 Å². The number of hydrogen-bond donors (Lipinski definition) is 0. The number of benzene rings is 2. The van der Waals surface area contributed by atoms with E-state index in [4.69, 9.17) is 9.15 Å². The summed E-state index contributed by atoms with van der Waals surface area (Å²) in [5, 5.41) is 10.8. The number of anilines is 2. The number of oxazole rings is 1. The van der Waals surface area contributed by atoms with Crippen molar-refractivity contribution in [3.05, 3.63) is 76.0 Å². The summed E-state index contributed by atoms with van der Waals surface area (Å²) in [5.41, 5.74) is 2.74. The van der Waals surface area contributed by atoms with Gasteiger partial charge in [-0.1, -0.05) is 6.07 Å². The lowest BCUT2D eigenvalue weighted by atomic mass is 10.1. The summed E-state index contributed by atoms with van der Waals surface area (Å²) in [4.78, 5) is 45.5. The maximum absolute atomic E-state index is 13.0. The SMILES string of the molecule is Cc1ccc2c(c1)N(Cc1nc(C(=O)N3CCN(c4ccc([N+](=O)[O-])cc4)CC3)co1)C(=O)CO2. The van der Waals surface area contributed by atoms with Crippen LogP contribution in [0.25, 0.3) is 0 Å². The minimum Gasteiger partial charge on any atom is -0.482 e. The lowest BCUT2D eigenvalue weighted by molar-refractivity contribution is -0.384. The van der Waals surface area contributed by atoms with Gasteiger partial charge in [-0.25, -0.2) is 4.98 Å². The normalized spacial score (nSPS) is 15.6. The highest BCUT2D eigenvalue weighted by Gasteiger charge is 2.29. The predicted molar refractivity (Wildman–Crippen MR) is 126 cm³/mol. The van der Waals surface area contributed by atoms with Gasteiger partial charge in [0.2, 0.25) is 5.89 Å². The van der Waals surface area contributed by atoms with Gasteiger partial charge in [-0.3, -0.25) is 24.6 Å². The Kier molecular flexibility index (Phi) is 5.81. The molecular weight excluding hydrogens is 454 g/mol. The van der Waals surface area contributed by atoms with Gasteiger partial charge in [-0.05, 0) is 36.8 Å². The highest BCUT2D eigenvalue weighted by Crippen LogP contribution is 2.33. The van der Waals surface area contributed by atoms with Crippen LogP contribution < -0.4 is 14.5 Å². The summed E-state index contributed by atoms with van der Waals surface area (Å²) in [5.74, 6) is 0.425. The van der Waals surface area contributed by atoms with Crippen LogP contribution in [-0.4, -0.2) is 59.4 Å². The maximum Gasteiger partial charge on any atom is 0.275 e. The third-order valence-electron chi connectivity index (χ3n) is 6.11. The number of carbonyl (C=O) groups excluding carboxylic acids is 2. The van der Waals surface area contributed by atoms with Gasteiger partial charge in [0.15, 0.2) is 12.3 Å². The molecule has 3 heterocycles. The Hall–Kier alpha value is -4.41. The van der Waals surface area contributed by atoms with Crippen molar-refractivity contribution in [3.8, 4) is 5.75 Å². The Bertz CT molecular complexity index is 1280. The van der Waals surface area contributed by atoms with Crippen LogP contribution >= 0.6 is 0 Å². The smallest absolute Gasteiger partial charge is 0.275 e. The van der Waals surface area contributed by atoms with Crippen molar-refractivity contribution in [3.63, 3.8) is 0 Å². The van der Waals surface area contributed by atoms with Crippen molar-refractivity contribution < 1.29 is 23.7 Å². The first-order valence-corrected chi connectivity index (χ1v) is 11.2. The molecule has 5 rings (SSSR count). The minimum atomic E-state index is -0.429. The number of hydrogen-bond acceptors (Lipinski definition) is 8. The van der Waals surface area contributed by atoms with Gasteiger partial charge in [-0.2, -0.15) is 0 Å². The topological polar surface area (TPSA) is 122 Å². The van der Waals surface area contributed by atoms with Gasteiger partial charge >= 0.3 is 0 Å². The molecule has 11 heteroatoms. The molecule has 0 bridgehead atoms. The molecule has 0 spiro atoms. The third-order valence-corrected chi connectivity index (χ3v) is 6.11. The molecule has 0 N–H and O–H groups in total. The van der Waals surface area contributed by atoms with Crippen molar-refractivity contribution >= 4 is 28.9 Å². The van der Waals surface area contributed by atoms with Gasteiger partial charge in [0.1, 0.15) is 18.6 Å². The first-order valence-electron chi connectivity index (χ1n) is 11.2. The third kappa shape index (κ3) is 4.52. The van der Waals surface area contributed by atoms with E-state index in [1.165, 1.54) is 18.4 Å². The van der Waals surface area contributed by atoms with Crippen molar-refractivity contribution in [1.29, 1.82) is 0 Å². The molecule has 2 aliphatic heterocycles. The number of ether oxygens (including phenoxy) is 1. The van der Waals surface area contributed by atoms with Crippen LogP contribution in [0.2, 0.25) is 0 Å². The highest BCUT2D eigenvalue weighted by atomic mass is 16.6. The molecule has 0 radical (unpaired) electrons. The maximum atomic E-state index is 13.0. The number of fused-ring (bicyclic) bond motifs is 1. The number of non-ortho nitro benzene ring substituents is 1. The lowest BCUT2D eigenvalue weighted by Gasteiger charge is -2.35. The fourth-order valence-electron chi connectivity index (χ4n) is 4.22. The Morgan fingerprint density at radius 2 is 1.86 bits per heavy atom. The minimum absolute atomic E-state index is 0.0433. The summed E-state index contributed by atoms with van der Waals surface area (Å²) in [6.45, 7) is 4.10. The number of nitro benzene ring substituents is 1. The Morgan fingerprint density at radius 1 is 1.11 bits per heavy atom. The second-order valence-electron chi connectivity index (χ2n) is 8.42. The molecule has 0 aliphatic carbocycles. The Morgan fingerprint density at radius 3 is 2.57 bits per heavy atom. The van der Waals surface area contributed by atoms with E-state index in [0.29, 0.717) is 37.6 Å². The number of aryl methyl sites for hydroxylation is 1. The van der Waals surface area contributed by atoms with Crippen molar-refractivity contribution in [2.45, 2.75) is 13.5 Å². The fraction of sp³-hybridized carbons (Fsp3) is 0.292. The summed E-state index contributed by atoms with van der Waals surface area (Å²) >= 11 is 0. The van der Waals surface area contributed by atoms with E-state index < -0.39 is 4.92 Å². The Balaban J connectivity index is 1.22. The second-order valence-corrected chi connectivity index (χ2v) is 8.42. The van der Waals surface area contributed by atoms with Gasteiger partial charge in [-0.15, -0.1) is 0 Å². The monoisotopic (exact) mass is 477 g/mol. The standard InChI is InChI=1S/C24H23N5O6/c1-16-2-7-21-20(12-16)28(23(30)15-34-21)13-22-25-19(14-35-22)24(31)27-10-8-26(9-11-27)17-3-5-18(6-4-17)29(32)33/h2-7,12,14H,8-11,13,15H2,1H3. The van der Waals surface area contributed by atoms with Crippen molar-refractivity contribution in [2.24, 2.45) is 0 Å². The molecule has 2 aromatic carbocycles. The zero-order valence-corrected chi connectivity index (χ0v) is 19.0. The molecule has 11 nitrogen and oxygen atoms in total. The predicted octanol–water partition coefficient (Wildman–Crippen LogP) is 2.78. The average molecular weight is 477 g/mol. The van der Waals surface area contributed by atoms with Gasteiger partial charge in [0.25, 0.3) is 17.5 Å². The molecular formula is C24H23N5O6. The number of nitrogens with zero attached hydrogens (tertiary/aromatic N) is 5. The number of rotatable bonds is 5. The summed E-state index contributed by atoms with van der Waals surface area (Å²) < 4.78 is 11.0. The number of carbonyl (C=O) groups is 2. The fourth-order valence-corrected chi connectivity index (χ4v) is 4.22. The van der Waals surface area contributed by atoms with E-state index in [2.05, 4.69) is 9.88 Å². The van der Waals surface area contributed by atoms with Crippen LogP contribution in [0.5, 0.6) is 5.75 Å². The zero-order chi connectivity index (χ0) is 24.5. The number of amides is 2. The molecule has 0 atom stereocenters. The molecule has 35 heavy (non-hydrogen) atoms. The molecule has 3 aromatic rings. The van der Waals surface area contributed by atoms with Crippen molar-refractivity contribution in [1.82, 2.24) is 9.88 Å². The summed E-state index contributed by atoms with van der Waals surface area (Å²) in [7, 11) is 0. The molecule has 1 aromatic heterocycles. The van der Waals surface area contributed by atoms with E-state index in [1.807, 2.05) is 25.1 Å². The first kappa shape index (κ1) is 22.4. The molecule has 1 saturated heterocycles. The number of nitro groups is 1. The van der Waals surface area contributed by atoms with Crippen LogP contribution in [0, 0.1) is 17.0 Å². The molecule has 0 saturated carbocycles. The lowest BCUT2D eigenvalue weighted by Crippen LogP contribution is -2.48. The molecule has 0 unspecified atom stereocenters. The number of aromatic nitrogens is 1. The molecule has 180 valence electrons. The summed E-state index contributed by atoms with van der Waals surface area (Å²) in [6.07, 6.45) is 1.32. The van der Waals surface area contributed by atoms with Crippen LogP contribution in [0.4, 0.5) is 17.1 Å². The quantitative estimate of drug-likeness (QED) is 0.406. The highest BCUT2D eigenvalue weighted by molar-refractivity contribution is 5.97. The van der Waals surface area contributed by atoms with E-state index in [9.17, 15) is 19.7 Å². The Labute approximate surface area is 200 Å². The molecule has 1 fully saturated rings. The summed E-state index contributed by atoms with van der Waals surface area (Å²) in [6, 6.07) is 12.0. The van der Waals surface area contributed by atoms with E-state index in [0.717, 1.165) is 11.3 Å². The van der Waals surface area contributed by atoms with E-state index in [1.54, 1.807) is 21.9 Å². The van der Waals surface area contributed by atoms with E-state index in [-0.39, 0.29) is 42.2 Å². The average Bonchev–Trinajstić information content (AvgIpc) is 3.34. The number of piperazine rings is 1.